The SMILES string of the molecule is COc1cccc(N(C(=O)CCCC(=O)Nc2ccccn2)C(C(=O)NC2CCCCC2)c2ccc(Cl)cc2)c1. The van der Waals surface area contributed by atoms with Crippen LogP contribution in [0.4, 0.5) is 11.5 Å². The van der Waals surface area contributed by atoms with Crippen molar-refractivity contribution in [2.45, 2.75) is 63.5 Å². The van der Waals surface area contributed by atoms with Gasteiger partial charge in [0.15, 0.2) is 0 Å². The molecular weight excluding hydrogens is 528 g/mol. The summed E-state index contributed by atoms with van der Waals surface area (Å²) in [5, 5.41) is 6.48. The van der Waals surface area contributed by atoms with Crippen LogP contribution in [0, 0.1) is 0 Å². The summed E-state index contributed by atoms with van der Waals surface area (Å²) in [6.45, 7) is 0. The number of nitrogens with one attached hydrogen (secondary N) is 2. The van der Waals surface area contributed by atoms with E-state index < -0.39 is 6.04 Å². The Balaban J connectivity index is 1.59. The summed E-state index contributed by atoms with van der Waals surface area (Å²) in [4.78, 5) is 45.9. The minimum atomic E-state index is -0.929. The summed E-state index contributed by atoms with van der Waals surface area (Å²) >= 11 is 6.17. The number of carbonyl (C=O) groups excluding carboxylic acids is 3. The van der Waals surface area contributed by atoms with Crippen molar-refractivity contribution >= 4 is 40.8 Å². The molecule has 2 aromatic carbocycles. The zero-order valence-corrected chi connectivity index (χ0v) is 23.4. The maximum absolute atomic E-state index is 13.9. The third-order valence-corrected chi connectivity index (χ3v) is 7.22. The summed E-state index contributed by atoms with van der Waals surface area (Å²) in [6.07, 6.45) is 7.22. The molecule has 1 heterocycles. The molecule has 210 valence electrons. The van der Waals surface area contributed by atoms with E-state index in [0.29, 0.717) is 34.3 Å². The van der Waals surface area contributed by atoms with Crippen LogP contribution in [0.1, 0.15) is 63.0 Å². The molecule has 1 aromatic heterocycles. The van der Waals surface area contributed by atoms with Gasteiger partial charge in [-0.1, -0.05) is 55.1 Å². The van der Waals surface area contributed by atoms with Crippen molar-refractivity contribution in [2.24, 2.45) is 0 Å². The van der Waals surface area contributed by atoms with E-state index >= 15 is 0 Å². The van der Waals surface area contributed by atoms with Gasteiger partial charge in [-0.05, 0) is 61.2 Å². The van der Waals surface area contributed by atoms with Crippen LogP contribution in [0.3, 0.4) is 0 Å². The lowest BCUT2D eigenvalue weighted by molar-refractivity contribution is -0.127. The van der Waals surface area contributed by atoms with Crippen molar-refractivity contribution in [1.29, 1.82) is 0 Å². The molecule has 8 nitrogen and oxygen atoms in total. The lowest BCUT2D eigenvalue weighted by atomic mass is 9.94. The molecule has 1 saturated carbocycles. The molecule has 2 N–H and O–H groups in total. The molecule has 3 amide bonds. The van der Waals surface area contributed by atoms with Crippen LogP contribution in [-0.4, -0.2) is 35.9 Å². The number of nitrogens with zero attached hydrogens (tertiary/aromatic N) is 2. The first-order valence-electron chi connectivity index (χ1n) is 13.7. The maximum Gasteiger partial charge on any atom is 0.248 e. The zero-order chi connectivity index (χ0) is 28.3. The number of carbonyl (C=O) groups is 3. The predicted molar refractivity (Wildman–Crippen MR) is 156 cm³/mol. The van der Waals surface area contributed by atoms with Crippen LogP contribution < -0.4 is 20.3 Å². The van der Waals surface area contributed by atoms with Crippen LogP contribution in [-0.2, 0) is 14.4 Å². The first-order valence-corrected chi connectivity index (χ1v) is 14.0. The van der Waals surface area contributed by atoms with Gasteiger partial charge in [0.05, 0.1) is 7.11 Å². The molecule has 1 atom stereocenters. The molecule has 40 heavy (non-hydrogen) atoms. The fraction of sp³-hybridized carbons (Fsp3) is 0.355. The summed E-state index contributed by atoms with van der Waals surface area (Å²) in [6, 6.07) is 18.5. The van der Waals surface area contributed by atoms with Crippen LogP contribution in [0.5, 0.6) is 5.75 Å². The van der Waals surface area contributed by atoms with Gasteiger partial charge in [0.1, 0.15) is 17.6 Å². The van der Waals surface area contributed by atoms with E-state index in [2.05, 4.69) is 15.6 Å². The normalized spacial score (nSPS) is 14.2. The Bertz CT molecular complexity index is 1280. The van der Waals surface area contributed by atoms with Gasteiger partial charge in [-0.15, -0.1) is 0 Å². The minimum Gasteiger partial charge on any atom is -0.497 e. The fourth-order valence-corrected chi connectivity index (χ4v) is 5.08. The van der Waals surface area contributed by atoms with Crippen molar-refractivity contribution in [2.75, 3.05) is 17.3 Å². The van der Waals surface area contributed by atoms with Crippen molar-refractivity contribution in [3.8, 4) is 5.75 Å². The molecule has 9 heteroatoms. The number of hydrogen-bond acceptors (Lipinski definition) is 5. The molecule has 0 spiro atoms. The number of amides is 3. The molecule has 1 aliphatic carbocycles. The summed E-state index contributed by atoms with van der Waals surface area (Å²) < 4.78 is 5.42. The number of methoxy groups -OCH3 is 1. The van der Waals surface area contributed by atoms with Crippen LogP contribution in [0.25, 0.3) is 0 Å². The van der Waals surface area contributed by atoms with Gasteiger partial charge in [-0.25, -0.2) is 4.98 Å². The molecular formula is C31H35ClN4O4. The number of anilines is 2. The molecule has 1 fully saturated rings. The van der Waals surface area contributed by atoms with Gasteiger partial charge < -0.3 is 15.4 Å². The van der Waals surface area contributed by atoms with E-state index in [9.17, 15) is 14.4 Å². The minimum absolute atomic E-state index is 0.0631. The molecule has 0 saturated heterocycles. The highest BCUT2D eigenvalue weighted by Gasteiger charge is 2.34. The Kier molecular flexibility index (Phi) is 10.5. The number of benzene rings is 2. The third kappa shape index (κ3) is 8.05. The topological polar surface area (TPSA) is 101 Å². The highest BCUT2D eigenvalue weighted by Crippen LogP contribution is 2.32. The van der Waals surface area contributed by atoms with Gasteiger partial charge >= 0.3 is 0 Å². The molecule has 0 bridgehead atoms. The molecule has 4 rings (SSSR count). The van der Waals surface area contributed by atoms with E-state index in [0.717, 1.165) is 32.1 Å². The van der Waals surface area contributed by atoms with Crippen molar-refractivity contribution < 1.29 is 19.1 Å². The Morgan fingerprint density at radius 2 is 1.77 bits per heavy atom. The second-order valence-electron chi connectivity index (χ2n) is 9.88. The maximum atomic E-state index is 13.9. The monoisotopic (exact) mass is 562 g/mol. The van der Waals surface area contributed by atoms with Crippen LogP contribution >= 0.6 is 11.6 Å². The van der Waals surface area contributed by atoms with E-state index in [1.165, 1.54) is 4.90 Å². The van der Waals surface area contributed by atoms with Gasteiger partial charge in [0.2, 0.25) is 17.7 Å². The Labute approximate surface area is 240 Å². The quantitative estimate of drug-likeness (QED) is 0.295. The highest BCUT2D eigenvalue weighted by molar-refractivity contribution is 6.30. The van der Waals surface area contributed by atoms with E-state index in [1.54, 1.807) is 80.0 Å². The molecule has 0 radical (unpaired) electrons. The van der Waals surface area contributed by atoms with Crippen molar-refractivity contribution in [3.63, 3.8) is 0 Å². The molecule has 3 aromatic rings. The Morgan fingerprint density at radius 1 is 1.00 bits per heavy atom. The first kappa shape index (κ1) is 29.1. The summed E-state index contributed by atoms with van der Waals surface area (Å²) in [5.41, 5.74) is 1.17. The van der Waals surface area contributed by atoms with Crippen molar-refractivity contribution in [3.05, 3.63) is 83.5 Å². The second-order valence-corrected chi connectivity index (χ2v) is 10.3. The summed E-state index contributed by atoms with van der Waals surface area (Å²) in [5.74, 6) is 0.256. The number of aromatic nitrogens is 1. The standard InChI is InChI=1S/C31H35ClN4O4/c1-40-26-12-7-11-25(21-26)36(29(38)15-8-14-28(37)35-27-13-5-6-20-33-27)30(22-16-18-23(32)19-17-22)31(39)34-24-9-3-2-4-10-24/h5-7,11-13,16-21,24,30H,2-4,8-10,14-15H2,1H3,(H,34,39)(H,33,35,37). The Hall–Kier alpha value is -3.91. The number of halogens is 1. The number of hydrogen-bond donors (Lipinski definition) is 2. The third-order valence-electron chi connectivity index (χ3n) is 6.97. The zero-order valence-electron chi connectivity index (χ0n) is 22.6. The average molecular weight is 563 g/mol. The molecule has 1 aliphatic rings. The summed E-state index contributed by atoms with van der Waals surface area (Å²) in [7, 11) is 1.55. The van der Waals surface area contributed by atoms with Gasteiger partial charge in [-0.2, -0.15) is 0 Å². The predicted octanol–water partition coefficient (Wildman–Crippen LogP) is 6.08. The fourth-order valence-electron chi connectivity index (χ4n) is 4.95. The molecule has 1 unspecified atom stereocenters. The van der Waals surface area contributed by atoms with Gasteiger partial charge in [-0.3, -0.25) is 19.3 Å². The number of rotatable bonds is 11. The smallest absolute Gasteiger partial charge is 0.248 e. The first-order chi connectivity index (χ1) is 19.4. The second kappa shape index (κ2) is 14.5. The van der Waals surface area contributed by atoms with E-state index in [1.807, 2.05) is 0 Å². The largest absolute Gasteiger partial charge is 0.497 e. The number of pyridine rings is 1. The average Bonchev–Trinajstić information content (AvgIpc) is 2.97. The van der Waals surface area contributed by atoms with E-state index in [-0.39, 0.29) is 36.6 Å². The molecule has 0 aliphatic heterocycles. The van der Waals surface area contributed by atoms with E-state index in [4.69, 9.17) is 16.3 Å². The van der Waals surface area contributed by atoms with Crippen LogP contribution in [0.15, 0.2) is 72.9 Å². The Morgan fingerprint density at radius 3 is 2.48 bits per heavy atom. The van der Waals surface area contributed by atoms with Gasteiger partial charge in [0.25, 0.3) is 0 Å². The number of ether oxygens (including phenoxy) is 1. The van der Waals surface area contributed by atoms with Gasteiger partial charge in [0, 0.05) is 41.9 Å². The van der Waals surface area contributed by atoms with Crippen LogP contribution in [0.2, 0.25) is 5.02 Å². The highest BCUT2D eigenvalue weighted by atomic mass is 35.5. The van der Waals surface area contributed by atoms with Crippen molar-refractivity contribution in [1.82, 2.24) is 10.3 Å². The lowest BCUT2D eigenvalue weighted by Gasteiger charge is -2.33. The lowest BCUT2D eigenvalue weighted by Crippen LogP contribution is -2.47.